The Labute approximate surface area is 127 Å². The molecule has 2 aromatic rings. The van der Waals surface area contributed by atoms with Gasteiger partial charge in [-0.1, -0.05) is 25.8 Å². The number of nitrogens with two attached hydrogens (primary N) is 1. The Balaban J connectivity index is 1.85. The summed E-state index contributed by atoms with van der Waals surface area (Å²) in [6, 6.07) is 5.00. The van der Waals surface area contributed by atoms with Gasteiger partial charge >= 0.3 is 0 Å². The van der Waals surface area contributed by atoms with Crippen molar-refractivity contribution in [3.8, 4) is 0 Å². The van der Waals surface area contributed by atoms with Gasteiger partial charge in [-0.15, -0.1) is 11.3 Å². The fraction of sp³-hybridized carbons (Fsp3) is 0.438. The van der Waals surface area contributed by atoms with E-state index >= 15 is 0 Å². The number of nitrogen functional groups attached to an aromatic ring is 1. The van der Waals surface area contributed by atoms with Crippen LogP contribution in [-0.2, 0) is 0 Å². The first-order chi connectivity index (χ1) is 10.1. The van der Waals surface area contributed by atoms with Crippen LogP contribution >= 0.6 is 11.3 Å². The molecule has 1 amide bonds. The van der Waals surface area contributed by atoms with E-state index in [4.69, 9.17) is 5.73 Å². The Morgan fingerprint density at radius 3 is 2.95 bits per heavy atom. The number of rotatable bonds is 2. The van der Waals surface area contributed by atoms with Gasteiger partial charge in [0, 0.05) is 10.7 Å². The number of hydrogen-bond donors (Lipinski definition) is 2. The molecule has 112 valence electrons. The maximum Gasteiger partial charge on any atom is 0.263 e. The van der Waals surface area contributed by atoms with E-state index in [9.17, 15) is 9.18 Å². The summed E-state index contributed by atoms with van der Waals surface area (Å²) in [6.45, 7) is 2.21. The predicted octanol–water partition coefficient (Wildman–Crippen LogP) is 3.93. The van der Waals surface area contributed by atoms with Crippen LogP contribution in [0.2, 0.25) is 0 Å². The fourth-order valence-electron chi connectivity index (χ4n) is 3.11. The van der Waals surface area contributed by atoms with Gasteiger partial charge in [0.25, 0.3) is 5.91 Å². The van der Waals surface area contributed by atoms with Crippen molar-refractivity contribution in [3.05, 3.63) is 28.9 Å². The summed E-state index contributed by atoms with van der Waals surface area (Å²) in [7, 11) is 0. The van der Waals surface area contributed by atoms with Gasteiger partial charge in [0.15, 0.2) is 0 Å². The molecule has 1 aliphatic carbocycles. The molecule has 0 spiro atoms. The van der Waals surface area contributed by atoms with Crippen molar-refractivity contribution in [3.63, 3.8) is 0 Å². The van der Waals surface area contributed by atoms with Crippen molar-refractivity contribution in [1.29, 1.82) is 0 Å². The molecule has 1 aromatic carbocycles. The summed E-state index contributed by atoms with van der Waals surface area (Å²) in [4.78, 5) is 12.8. The first-order valence-corrected chi connectivity index (χ1v) is 8.15. The Hall–Kier alpha value is -1.62. The number of nitrogens with one attached hydrogen (secondary N) is 1. The van der Waals surface area contributed by atoms with E-state index in [0.717, 1.165) is 24.0 Å². The van der Waals surface area contributed by atoms with Crippen LogP contribution in [0.4, 0.5) is 10.1 Å². The minimum absolute atomic E-state index is 0.174. The molecule has 5 heteroatoms. The number of carbonyl (C=O) groups excluding carboxylic acids is 1. The summed E-state index contributed by atoms with van der Waals surface area (Å²) < 4.78 is 14.5. The van der Waals surface area contributed by atoms with Gasteiger partial charge in [-0.25, -0.2) is 4.39 Å². The van der Waals surface area contributed by atoms with E-state index < -0.39 is 0 Å². The molecule has 3 nitrogen and oxygen atoms in total. The van der Waals surface area contributed by atoms with Crippen LogP contribution in [0, 0.1) is 11.7 Å². The maximum absolute atomic E-state index is 13.8. The van der Waals surface area contributed by atoms with Crippen LogP contribution in [0.1, 0.15) is 42.3 Å². The zero-order chi connectivity index (χ0) is 15.0. The molecule has 3 rings (SSSR count). The van der Waals surface area contributed by atoms with Gasteiger partial charge in [-0.3, -0.25) is 4.79 Å². The lowest BCUT2D eigenvalue weighted by Gasteiger charge is -2.27. The number of halogens is 1. The Bertz CT molecular complexity index is 682. The zero-order valence-corrected chi connectivity index (χ0v) is 12.8. The second-order valence-corrected chi connectivity index (χ2v) is 6.95. The monoisotopic (exact) mass is 306 g/mol. The second kappa shape index (κ2) is 5.64. The lowest BCUT2D eigenvalue weighted by Crippen LogP contribution is -2.37. The summed E-state index contributed by atoms with van der Waals surface area (Å²) in [6.07, 6.45) is 4.38. The fourth-order valence-corrected chi connectivity index (χ4v) is 4.15. The highest BCUT2D eigenvalue weighted by molar-refractivity contribution is 7.21. The van der Waals surface area contributed by atoms with E-state index in [1.807, 2.05) is 0 Å². The Morgan fingerprint density at radius 2 is 2.24 bits per heavy atom. The molecule has 21 heavy (non-hydrogen) atoms. The molecule has 0 radical (unpaired) electrons. The minimum atomic E-state index is -0.369. The van der Waals surface area contributed by atoms with Crippen molar-refractivity contribution in [2.75, 3.05) is 5.73 Å². The second-order valence-electron chi connectivity index (χ2n) is 5.90. The molecule has 1 fully saturated rings. The lowest BCUT2D eigenvalue weighted by atomic mass is 9.87. The normalized spacial score (nSPS) is 22.4. The highest BCUT2D eigenvalue weighted by atomic mass is 32.1. The van der Waals surface area contributed by atoms with E-state index in [-0.39, 0.29) is 23.5 Å². The summed E-state index contributed by atoms with van der Waals surface area (Å²) in [5.41, 5.74) is 6.24. The molecule has 0 saturated heterocycles. The minimum Gasteiger partial charge on any atom is -0.397 e. The van der Waals surface area contributed by atoms with E-state index in [2.05, 4.69) is 12.2 Å². The van der Waals surface area contributed by atoms with Crippen molar-refractivity contribution < 1.29 is 9.18 Å². The standard InChI is InChI=1S/C16H19FN2OS/c1-9-4-2-5-10(8-9)19-16(20)15-14(18)13-11(17)6-3-7-12(13)21-15/h3,6-7,9-10H,2,4-5,8,18H2,1H3,(H,19,20). The molecule has 0 bridgehead atoms. The van der Waals surface area contributed by atoms with Crippen LogP contribution < -0.4 is 11.1 Å². The first kappa shape index (κ1) is 14.3. The van der Waals surface area contributed by atoms with E-state index in [1.165, 1.54) is 23.8 Å². The van der Waals surface area contributed by atoms with Crippen LogP contribution in [0.25, 0.3) is 10.1 Å². The van der Waals surface area contributed by atoms with Crippen molar-refractivity contribution >= 4 is 33.0 Å². The quantitative estimate of drug-likeness (QED) is 0.883. The Kier molecular flexibility index (Phi) is 3.85. The molecule has 1 aliphatic rings. The molecule has 2 unspecified atom stereocenters. The third kappa shape index (κ3) is 2.75. The molecule has 2 atom stereocenters. The highest BCUT2D eigenvalue weighted by Crippen LogP contribution is 2.35. The molecule has 1 heterocycles. The van der Waals surface area contributed by atoms with Gasteiger partial charge in [-0.05, 0) is 30.9 Å². The number of anilines is 1. The summed E-state index contributed by atoms with van der Waals surface area (Å²) in [5.74, 6) is 0.0973. The number of fused-ring (bicyclic) bond motifs is 1. The average Bonchev–Trinajstić information content (AvgIpc) is 2.77. The lowest BCUT2D eigenvalue weighted by molar-refractivity contribution is 0.0926. The van der Waals surface area contributed by atoms with Gasteiger partial charge in [0.05, 0.1) is 11.1 Å². The third-order valence-electron chi connectivity index (χ3n) is 4.18. The highest BCUT2D eigenvalue weighted by Gasteiger charge is 2.24. The van der Waals surface area contributed by atoms with Crippen LogP contribution in [0.5, 0.6) is 0 Å². The summed E-state index contributed by atoms with van der Waals surface area (Å²) >= 11 is 1.26. The number of benzene rings is 1. The van der Waals surface area contributed by atoms with E-state index in [1.54, 1.807) is 12.1 Å². The number of thiophene rings is 1. The Morgan fingerprint density at radius 1 is 1.43 bits per heavy atom. The molecule has 0 aliphatic heterocycles. The van der Waals surface area contributed by atoms with Gasteiger partial charge in [0.1, 0.15) is 10.7 Å². The molecule has 1 saturated carbocycles. The summed E-state index contributed by atoms with van der Waals surface area (Å²) in [5, 5.41) is 3.42. The topological polar surface area (TPSA) is 55.1 Å². The molecule has 1 aromatic heterocycles. The SMILES string of the molecule is CC1CCCC(NC(=O)c2sc3cccc(F)c3c2N)C1. The van der Waals surface area contributed by atoms with Crippen molar-refractivity contribution in [2.24, 2.45) is 5.92 Å². The van der Waals surface area contributed by atoms with E-state index in [0.29, 0.717) is 16.2 Å². The number of hydrogen-bond acceptors (Lipinski definition) is 3. The smallest absolute Gasteiger partial charge is 0.263 e. The van der Waals surface area contributed by atoms with Crippen LogP contribution in [0.15, 0.2) is 18.2 Å². The van der Waals surface area contributed by atoms with Crippen molar-refractivity contribution in [1.82, 2.24) is 5.32 Å². The van der Waals surface area contributed by atoms with Gasteiger partial charge < -0.3 is 11.1 Å². The zero-order valence-electron chi connectivity index (χ0n) is 12.0. The van der Waals surface area contributed by atoms with Crippen LogP contribution in [0.3, 0.4) is 0 Å². The number of amides is 1. The van der Waals surface area contributed by atoms with Gasteiger partial charge in [-0.2, -0.15) is 0 Å². The average molecular weight is 306 g/mol. The van der Waals surface area contributed by atoms with Crippen molar-refractivity contribution in [2.45, 2.75) is 38.6 Å². The van der Waals surface area contributed by atoms with Crippen LogP contribution in [-0.4, -0.2) is 11.9 Å². The molecule has 3 N–H and O–H groups in total. The first-order valence-electron chi connectivity index (χ1n) is 7.33. The maximum atomic E-state index is 13.8. The third-order valence-corrected chi connectivity index (χ3v) is 5.35. The largest absolute Gasteiger partial charge is 0.397 e. The van der Waals surface area contributed by atoms with Gasteiger partial charge in [0.2, 0.25) is 0 Å². The number of carbonyl (C=O) groups is 1. The predicted molar refractivity (Wildman–Crippen MR) is 85.1 cm³/mol. The molecular weight excluding hydrogens is 287 g/mol. The molecular formula is C16H19FN2OS.